The average Bonchev–Trinajstić information content (AvgIpc) is 2.96. The maximum atomic E-state index is 12.6. The third kappa shape index (κ3) is 3.89. The van der Waals surface area contributed by atoms with E-state index in [0.717, 1.165) is 25.9 Å². The maximum Gasteiger partial charge on any atom is 0.253 e. The van der Waals surface area contributed by atoms with E-state index >= 15 is 0 Å². The molecule has 138 valence electrons. The lowest BCUT2D eigenvalue weighted by Gasteiger charge is -2.30. The SMILES string of the molecule is CC1CCN(C(=O)c2ccc(S(=O)(=O)C3CCS(=O)(=O)C3)cc2)CC1. The van der Waals surface area contributed by atoms with Crippen LogP contribution < -0.4 is 0 Å². The first-order valence-corrected chi connectivity index (χ1v) is 11.9. The van der Waals surface area contributed by atoms with Crippen LogP contribution in [0.3, 0.4) is 0 Å². The van der Waals surface area contributed by atoms with E-state index in [9.17, 15) is 21.6 Å². The molecule has 2 heterocycles. The highest BCUT2D eigenvalue weighted by atomic mass is 32.2. The number of piperidine rings is 1. The van der Waals surface area contributed by atoms with Gasteiger partial charge in [-0.05, 0) is 49.4 Å². The number of hydrogen-bond donors (Lipinski definition) is 0. The van der Waals surface area contributed by atoms with Gasteiger partial charge in [-0.25, -0.2) is 16.8 Å². The Morgan fingerprint density at radius 3 is 2.20 bits per heavy atom. The minimum Gasteiger partial charge on any atom is -0.339 e. The van der Waals surface area contributed by atoms with Gasteiger partial charge in [-0.1, -0.05) is 6.92 Å². The molecule has 0 saturated carbocycles. The van der Waals surface area contributed by atoms with Gasteiger partial charge in [0.25, 0.3) is 5.91 Å². The number of nitrogens with zero attached hydrogens (tertiary/aromatic N) is 1. The number of benzene rings is 1. The molecule has 0 radical (unpaired) electrons. The molecule has 1 amide bonds. The van der Waals surface area contributed by atoms with E-state index in [1.165, 1.54) is 24.3 Å². The molecule has 0 N–H and O–H groups in total. The van der Waals surface area contributed by atoms with Crippen LogP contribution in [-0.4, -0.2) is 57.5 Å². The minimum atomic E-state index is -3.69. The molecule has 2 saturated heterocycles. The third-order valence-electron chi connectivity index (χ3n) is 5.13. The summed E-state index contributed by atoms with van der Waals surface area (Å²) in [6, 6.07) is 5.88. The summed E-state index contributed by atoms with van der Waals surface area (Å²) in [5.74, 6) is 0.140. The number of hydrogen-bond acceptors (Lipinski definition) is 5. The van der Waals surface area contributed by atoms with E-state index in [1.54, 1.807) is 4.90 Å². The minimum absolute atomic E-state index is 0.0819. The van der Waals surface area contributed by atoms with E-state index in [2.05, 4.69) is 6.92 Å². The van der Waals surface area contributed by atoms with Crippen LogP contribution in [0.5, 0.6) is 0 Å². The summed E-state index contributed by atoms with van der Waals surface area (Å²) in [7, 11) is -6.96. The van der Waals surface area contributed by atoms with Crippen LogP contribution in [0.15, 0.2) is 29.2 Å². The summed E-state index contributed by atoms with van der Waals surface area (Å²) in [6.07, 6.45) is 2.10. The van der Waals surface area contributed by atoms with Gasteiger partial charge >= 0.3 is 0 Å². The Bertz CT molecular complexity index is 851. The standard InChI is InChI=1S/C17H23NO5S2/c1-13-6-9-18(10-7-13)17(19)14-2-4-15(5-3-14)25(22,23)16-8-11-24(20,21)12-16/h2-5,13,16H,6-12H2,1H3. The van der Waals surface area contributed by atoms with Crippen LogP contribution in [-0.2, 0) is 19.7 Å². The quantitative estimate of drug-likeness (QED) is 0.787. The Morgan fingerprint density at radius 2 is 1.68 bits per heavy atom. The fourth-order valence-electron chi connectivity index (χ4n) is 3.38. The van der Waals surface area contributed by atoms with Crippen LogP contribution in [0, 0.1) is 5.92 Å². The molecule has 0 bridgehead atoms. The molecule has 0 aliphatic carbocycles. The first-order chi connectivity index (χ1) is 11.7. The van der Waals surface area contributed by atoms with E-state index < -0.39 is 24.9 Å². The fraction of sp³-hybridized carbons (Fsp3) is 0.588. The third-order valence-corrected chi connectivity index (χ3v) is 9.32. The van der Waals surface area contributed by atoms with E-state index in [0.29, 0.717) is 11.5 Å². The summed E-state index contributed by atoms with van der Waals surface area (Å²) >= 11 is 0. The molecule has 2 fully saturated rings. The Labute approximate surface area is 149 Å². The van der Waals surface area contributed by atoms with Gasteiger partial charge in [-0.3, -0.25) is 4.79 Å². The smallest absolute Gasteiger partial charge is 0.253 e. The summed E-state index contributed by atoms with van der Waals surface area (Å²) in [6.45, 7) is 3.62. The Hall–Kier alpha value is -1.41. The molecule has 3 rings (SSSR count). The summed E-state index contributed by atoms with van der Waals surface area (Å²) in [4.78, 5) is 14.4. The predicted molar refractivity (Wildman–Crippen MR) is 95.0 cm³/mol. The van der Waals surface area contributed by atoms with Gasteiger partial charge < -0.3 is 4.90 Å². The first-order valence-electron chi connectivity index (χ1n) is 8.53. The van der Waals surface area contributed by atoms with Gasteiger partial charge in [-0.2, -0.15) is 0 Å². The highest BCUT2D eigenvalue weighted by molar-refractivity contribution is 7.96. The number of carbonyl (C=O) groups excluding carboxylic acids is 1. The normalized spacial score (nSPS) is 24.4. The number of rotatable bonds is 3. The van der Waals surface area contributed by atoms with Crippen molar-refractivity contribution in [1.29, 1.82) is 0 Å². The Balaban J connectivity index is 1.75. The molecular weight excluding hydrogens is 362 g/mol. The second-order valence-electron chi connectivity index (χ2n) is 7.07. The molecular formula is C17H23NO5S2. The molecule has 2 aliphatic heterocycles. The van der Waals surface area contributed by atoms with Crippen LogP contribution in [0.2, 0.25) is 0 Å². The Kier molecular flexibility index (Phi) is 4.94. The fourth-order valence-corrected chi connectivity index (χ4v) is 7.74. The molecule has 8 heteroatoms. The highest BCUT2D eigenvalue weighted by Gasteiger charge is 2.38. The number of amides is 1. The van der Waals surface area contributed by atoms with Gasteiger partial charge in [0.05, 0.1) is 21.7 Å². The predicted octanol–water partition coefficient (Wildman–Crippen LogP) is 1.52. The zero-order valence-electron chi connectivity index (χ0n) is 14.2. The largest absolute Gasteiger partial charge is 0.339 e. The van der Waals surface area contributed by atoms with Crippen LogP contribution in [0.1, 0.15) is 36.5 Å². The molecule has 6 nitrogen and oxygen atoms in total. The zero-order chi connectivity index (χ0) is 18.2. The second-order valence-corrected chi connectivity index (χ2v) is 11.5. The van der Waals surface area contributed by atoms with Crippen molar-refractivity contribution < 1.29 is 21.6 Å². The van der Waals surface area contributed by atoms with E-state index in [4.69, 9.17) is 0 Å². The van der Waals surface area contributed by atoms with Gasteiger partial charge in [0.2, 0.25) is 0 Å². The lowest BCUT2D eigenvalue weighted by molar-refractivity contribution is 0.0697. The van der Waals surface area contributed by atoms with Crippen molar-refractivity contribution in [1.82, 2.24) is 4.90 Å². The van der Waals surface area contributed by atoms with Gasteiger partial charge in [-0.15, -0.1) is 0 Å². The number of sulfone groups is 2. The van der Waals surface area contributed by atoms with E-state index in [-0.39, 0.29) is 28.7 Å². The van der Waals surface area contributed by atoms with Gasteiger partial charge in [0.1, 0.15) is 0 Å². The maximum absolute atomic E-state index is 12.6. The van der Waals surface area contributed by atoms with Crippen molar-refractivity contribution >= 4 is 25.6 Å². The Morgan fingerprint density at radius 1 is 1.08 bits per heavy atom. The van der Waals surface area contributed by atoms with Crippen LogP contribution >= 0.6 is 0 Å². The molecule has 25 heavy (non-hydrogen) atoms. The summed E-state index contributed by atoms with van der Waals surface area (Å²) in [5.41, 5.74) is 0.465. The first kappa shape index (κ1) is 18.4. The highest BCUT2D eigenvalue weighted by Crippen LogP contribution is 2.26. The van der Waals surface area contributed by atoms with Crippen molar-refractivity contribution in [3.05, 3.63) is 29.8 Å². The van der Waals surface area contributed by atoms with Gasteiger partial charge in [0.15, 0.2) is 19.7 Å². The van der Waals surface area contributed by atoms with Crippen LogP contribution in [0.4, 0.5) is 0 Å². The lowest BCUT2D eigenvalue weighted by Crippen LogP contribution is -2.37. The van der Waals surface area contributed by atoms with Gasteiger partial charge in [0, 0.05) is 18.7 Å². The van der Waals surface area contributed by atoms with Crippen molar-refractivity contribution in [2.24, 2.45) is 5.92 Å². The van der Waals surface area contributed by atoms with Crippen LogP contribution in [0.25, 0.3) is 0 Å². The molecule has 2 aliphatic rings. The number of likely N-dealkylation sites (tertiary alicyclic amines) is 1. The summed E-state index contributed by atoms with van der Waals surface area (Å²) < 4.78 is 48.3. The van der Waals surface area contributed by atoms with E-state index in [1.807, 2.05) is 0 Å². The average molecular weight is 386 g/mol. The molecule has 0 spiro atoms. The molecule has 1 atom stereocenters. The van der Waals surface area contributed by atoms with Crippen molar-refractivity contribution in [3.63, 3.8) is 0 Å². The molecule has 1 aromatic carbocycles. The van der Waals surface area contributed by atoms with Crippen molar-refractivity contribution in [2.45, 2.75) is 36.3 Å². The molecule has 1 unspecified atom stereocenters. The second kappa shape index (κ2) is 6.72. The lowest BCUT2D eigenvalue weighted by atomic mass is 9.98. The van der Waals surface area contributed by atoms with Crippen molar-refractivity contribution in [3.8, 4) is 0 Å². The monoisotopic (exact) mass is 385 g/mol. The molecule has 1 aromatic rings. The number of carbonyl (C=O) groups is 1. The summed E-state index contributed by atoms with van der Waals surface area (Å²) in [5, 5.41) is -0.886. The topological polar surface area (TPSA) is 88.6 Å². The zero-order valence-corrected chi connectivity index (χ0v) is 15.9. The van der Waals surface area contributed by atoms with Crippen molar-refractivity contribution in [2.75, 3.05) is 24.6 Å². The molecule has 0 aromatic heterocycles.